The van der Waals surface area contributed by atoms with Crippen molar-refractivity contribution < 1.29 is 0 Å². The minimum atomic E-state index is 0.619. The predicted octanol–water partition coefficient (Wildman–Crippen LogP) is 4.40. The van der Waals surface area contributed by atoms with E-state index >= 15 is 0 Å². The molecule has 4 aromatic rings. The summed E-state index contributed by atoms with van der Waals surface area (Å²) in [4.78, 5) is 8.70. The molecule has 2 N–H and O–H groups in total. The lowest BCUT2D eigenvalue weighted by Gasteiger charge is -2.11. The molecule has 5 nitrogen and oxygen atoms in total. The Bertz CT molecular complexity index is 1150. The number of nitriles is 1. The first-order valence-corrected chi connectivity index (χ1v) is 9.53. The maximum absolute atomic E-state index is 9.07. The molecule has 0 fully saturated rings. The first kappa shape index (κ1) is 18.6. The van der Waals surface area contributed by atoms with E-state index in [2.05, 4.69) is 50.9 Å². The van der Waals surface area contributed by atoms with Gasteiger partial charge in [0.25, 0.3) is 0 Å². The molecular formula is C24H21N5. The van der Waals surface area contributed by atoms with Crippen LogP contribution >= 0.6 is 0 Å². The number of nitrogens with zero attached hydrogens (tertiary/aromatic N) is 3. The summed E-state index contributed by atoms with van der Waals surface area (Å²) < 4.78 is 0. The summed E-state index contributed by atoms with van der Waals surface area (Å²) in [5.74, 6) is 0. The Labute approximate surface area is 170 Å². The van der Waals surface area contributed by atoms with Crippen LogP contribution in [0.25, 0.3) is 10.9 Å². The summed E-state index contributed by atoms with van der Waals surface area (Å²) in [5, 5.41) is 17.0. The molecule has 0 atom stereocenters. The second-order valence-electron chi connectivity index (χ2n) is 6.80. The van der Waals surface area contributed by atoms with E-state index in [4.69, 9.17) is 5.26 Å². The van der Waals surface area contributed by atoms with E-state index in [1.165, 1.54) is 11.1 Å². The van der Waals surface area contributed by atoms with Gasteiger partial charge in [-0.3, -0.25) is 9.97 Å². The molecule has 0 aliphatic heterocycles. The first-order valence-electron chi connectivity index (χ1n) is 9.53. The van der Waals surface area contributed by atoms with Crippen molar-refractivity contribution in [2.75, 3.05) is 5.32 Å². The summed E-state index contributed by atoms with van der Waals surface area (Å²) >= 11 is 0. The molecule has 0 aliphatic rings. The van der Waals surface area contributed by atoms with Crippen LogP contribution in [0.4, 0.5) is 5.69 Å². The van der Waals surface area contributed by atoms with Gasteiger partial charge in [-0.1, -0.05) is 30.3 Å². The van der Waals surface area contributed by atoms with Crippen molar-refractivity contribution in [3.05, 3.63) is 102 Å². The molecule has 0 saturated carbocycles. The van der Waals surface area contributed by atoms with E-state index < -0.39 is 0 Å². The number of nitrogens with one attached hydrogen (secondary N) is 2. The standard InChI is InChI=1S/C24H21N5/c25-14-18-7-8-22-23(9-11-28-24(22)13-18)29-16-20-5-3-4-19(12-20)15-26-17-21-6-1-2-10-27-21/h1-13,26H,15-17H2,(H,28,29). The molecule has 0 unspecified atom stereocenters. The van der Waals surface area contributed by atoms with Crippen LogP contribution in [0, 0.1) is 11.3 Å². The van der Waals surface area contributed by atoms with Crippen molar-refractivity contribution in [3.8, 4) is 6.07 Å². The van der Waals surface area contributed by atoms with E-state index in [0.717, 1.165) is 35.4 Å². The molecule has 0 saturated heterocycles. The van der Waals surface area contributed by atoms with E-state index in [9.17, 15) is 0 Å². The van der Waals surface area contributed by atoms with Crippen LogP contribution in [-0.4, -0.2) is 9.97 Å². The average Bonchev–Trinajstić information content (AvgIpc) is 2.78. The van der Waals surface area contributed by atoms with Gasteiger partial charge in [0.05, 0.1) is 22.8 Å². The minimum Gasteiger partial charge on any atom is -0.380 e. The highest BCUT2D eigenvalue weighted by Gasteiger charge is 2.04. The van der Waals surface area contributed by atoms with Gasteiger partial charge in [0.1, 0.15) is 0 Å². The number of hydrogen-bond donors (Lipinski definition) is 2. The fourth-order valence-electron chi connectivity index (χ4n) is 3.26. The van der Waals surface area contributed by atoms with Crippen molar-refractivity contribution in [2.45, 2.75) is 19.6 Å². The second-order valence-corrected chi connectivity index (χ2v) is 6.80. The summed E-state index contributed by atoms with van der Waals surface area (Å²) in [6.45, 7) is 2.25. The Morgan fingerprint density at radius 3 is 2.52 bits per heavy atom. The molecule has 0 aliphatic carbocycles. The van der Waals surface area contributed by atoms with E-state index in [1.54, 1.807) is 6.20 Å². The van der Waals surface area contributed by atoms with Crippen LogP contribution < -0.4 is 10.6 Å². The van der Waals surface area contributed by atoms with Gasteiger partial charge in [-0.2, -0.15) is 5.26 Å². The number of fused-ring (bicyclic) bond motifs is 1. The lowest BCUT2D eigenvalue weighted by Crippen LogP contribution is -2.13. The van der Waals surface area contributed by atoms with Crippen molar-refractivity contribution in [3.63, 3.8) is 0 Å². The zero-order chi connectivity index (χ0) is 19.9. The van der Waals surface area contributed by atoms with Gasteiger partial charge in [0, 0.05) is 43.1 Å². The van der Waals surface area contributed by atoms with Gasteiger partial charge < -0.3 is 10.6 Å². The molecule has 0 amide bonds. The SMILES string of the molecule is N#Cc1ccc2c(NCc3cccc(CNCc4ccccn4)c3)ccnc2c1. The van der Waals surface area contributed by atoms with Crippen LogP contribution in [0.1, 0.15) is 22.4 Å². The quantitative estimate of drug-likeness (QED) is 0.498. The predicted molar refractivity (Wildman–Crippen MR) is 115 cm³/mol. The molecule has 5 heteroatoms. The van der Waals surface area contributed by atoms with Gasteiger partial charge in [-0.15, -0.1) is 0 Å². The topological polar surface area (TPSA) is 73.6 Å². The Hall–Kier alpha value is -3.75. The van der Waals surface area contributed by atoms with Gasteiger partial charge in [0.2, 0.25) is 0 Å². The number of hydrogen-bond acceptors (Lipinski definition) is 5. The highest BCUT2D eigenvalue weighted by atomic mass is 14.9. The minimum absolute atomic E-state index is 0.619. The number of pyridine rings is 2. The maximum Gasteiger partial charge on any atom is 0.0992 e. The Balaban J connectivity index is 1.40. The lowest BCUT2D eigenvalue weighted by molar-refractivity contribution is 0.679. The van der Waals surface area contributed by atoms with Crippen LogP contribution in [0.5, 0.6) is 0 Å². The fraction of sp³-hybridized carbons (Fsp3) is 0.125. The van der Waals surface area contributed by atoms with E-state index in [-0.39, 0.29) is 0 Å². The van der Waals surface area contributed by atoms with Gasteiger partial charge >= 0.3 is 0 Å². The molecule has 4 rings (SSSR count). The average molecular weight is 379 g/mol. The molecule has 2 aromatic carbocycles. The zero-order valence-electron chi connectivity index (χ0n) is 16.0. The normalized spacial score (nSPS) is 10.6. The summed E-state index contributed by atoms with van der Waals surface area (Å²) in [7, 11) is 0. The molecule has 0 bridgehead atoms. The van der Waals surface area contributed by atoms with Gasteiger partial charge in [0.15, 0.2) is 0 Å². The van der Waals surface area contributed by atoms with Gasteiger partial charge in [-0.25, -0.2) is 0 Å². The lowest BCUT2D eigenvalue weighted by atomic mass is 10.1. The molecule has 0 radical (unpaired) electrons. The van der Waals surface area contributed by atoms with Gasteiger partial charge in [-0.05, 0) is 47.5 Å². The van der Waals surface area contributed by atoms with Crippen molar-refractivity contribution in [2.24, 2.45) is 0 Å². The molecule has 142 valence electrons. The number of rotatable bonds is 7. The number of aromatic nitrogens is 2. The van der Waals surface area contributed by atoms with Crippen LogP contribution in [0.15, 0.2) is 79.1 Å². The third kappa shape index (κ3) is 4.75. The smallest absolute Gasteiger partial charge is 0.0992 e. The molecule has 0 spiro atoms. The summed E-state index contributed by atoms with van der Waals surface area (Å²) in [6.07, 6.45) is 3.58. The summed E-state index contributed by atoms with van der Waals surface area (Å²) in [6, 6.07) is 24.2. The van der Waals surface area contributed by atoms with E-state index in [0.29, 0.717) is 12.1 Å². The summed E-state index contributed by atoms with van der Waals surface area (Å²) in [5.41, 5.74) is 5.93. The molecular weight excluding hydrogens is 358 g/mol. The Morgan fingerprint density at radius 2 is 1.69 bits per heavy atom. The van der Waals surface area contributed by atoms with Crippen molar-refractivity contribution >= 4 is 16.6 Å². The number of anilines is 1. The monoisotopic (exact) mass is 379 g/mol. The van der Waals surface area contributed by atoms with Crippen molar-refractivity contribution in [1.29, 1.82) is 5.26 Å². The largest absolute Gasteiger partial charge is 0.380 e. The molecule has 2 heterocycles. The highest BCUT2D eigenvalue weighted by molar-refractivity contribution is 5.91. The van der Waals surface area contributed by atoms with Crippen LogP contribution in [-0.2, 0) is 19.6 Å². The van der Waals surface area contributed by atoms with Crippen LogP contribution in [0.2, 0.25) is 0 Å². The second kappa shape index (κ2) is 8.96. The number of benzene rings is 2. The Kier molecular flexibility index (Phi) is 5.75. The Morgan fingerprint density at radius 1 is 0.793 bits per heavy atom. The third-order valence-corrected chi connectivity index (χ3v) is 4.71. The maximum atomic E-state index is 9.07. The third-order valence-electron chi connectivity index (χ3n) is 4.71. The van der Waals surface area contributed by atoms with Crippen molar-refractivity contribution in [1.82, 2.24) is 15.3 Å². The highest BCUT2D eigenvalue weighted by Crippen LogP contribution is 2.23. The zero-order valence-corrected chi connectivity index (χ0v) is 16.0. The fourth-order valence-corrected chi connectivity index (χ4v) is 3.26. The van der Waals surface area contributed by atoms with Crippen LogP contribution in [0.3, 0.4) is 0 Å². The molecule has 29 heavy (non-hydrogen) atoms. The van der Waals surface area contributed by atoms with E-state index in [1.807, 2.05) is 48.7 Å². The molecule has 2 aromatic heterocycles. The first-order chi connectivity index (χ1) is 14.3.